The van der Waals surface area contributed by atoms with E-state index in [2.05, 4.69) is 26.3 Å². The van der Waals surface area contributed by atoms with Gasteiger partial charge in [0.2, 0.25) is 0 Å². The standard InChI is InChI=1S/C15H17N5/c1-17-14-6-2-7-15(19-14)20(10-4-8-16)12-13-5-3-9-18-11-13/h2-3,5-7,9,11H,4,10,12H2,1H3,(H,17,19). The van der Waals surface area contributed by atoms with Crippen LogP contribution >= 0.6 is 0 Å². The molecule has 2 heterocycles. The monoisotopic (exact) mass is 267 g/mol. The Morgan fingerprint density at radius 1 is 1.30 bits per heavy atom. The first kappa shape index (κ1) is 13.8. The zero-order valence-corrected chi connectivity index (χ0v) is 11.5. The molecule has 2 rings (SSSR count). The topological polar surface area (TPSA) is 64.8 Å². The Labute approximate surface area is 118 Å². The Bertz CT molecular complexity index is 576. The molecule has 0 unspecified atom stereocenters. The molecule has 0 aliphatic rings. The number of hydrogen-bond acceptors (Lipinski definition) is 5. The Kier molecular flexibility index (Phi) is 4.90. The highest BCUT2D eigenvalue weighted by atomic mass is 15.2. The first-order chi connectivity index (χ1) is 9.83. The quantitative estimate of drug-likeness (QED) is 0.870. The van der Waals surface area contributed by atoms with Gasteiger partial charge in [0, 0.05) is 32.5 Å². The molecule has 2 aromatic heterocycles. The molecule has 5 nitrogen and oxygen atoms in total. The van der Waals surface area contributed by atoms with Crippen molar-refractivity contribution >= 4 is 11.6 Å². The number of nitriles is 1. The molecule has 20 heavy (non-hydrogen) atoms. The molecular formula is C15H17N5. The summed E-state index contributed by atoms with van der Waals surface area (Å²) in [6.45, 7) is 1.33. The predicted molar refractivity (Wildman–Crippen MR) is 79.3 cm³/mol. The van der Waals surface area contributed by atoms with Crippen LogP contribution < -0.4 is 10.2 Å². The van der Waals surface area contributed by atoms with Gasteiger partial charge < -0.3 is 10.2 Å². The van der Waals surface area contributed by atoms with Crippen molar-refractivity contribution in [1.29, 1.82) is 5.26 Å². The average Bonchev–Trinajstić information content (AvgIpc) is 2.52. The molecule has 0 aromatic carbocycles. The number of pyridine rings is 2. The average molecular weight is 267 g/mol. The lowest BCUT2D eigenvalue weighted by atomic mass is 10.2. The van der Waals surface area contributed by atoms with Gasteiger partial charge in [-0.2, -0.15) is 5.26 Å². The van der Waals surface area contributed by atoms with Gasteiger partial charge in [-0.1, -0.05) is 12.1 Å². The normalized spacial score (nSPS) is 9.80. The van der Waals surface area contributed by atoms with Crippen molar-refractivity contribution < 1.29 is 0 Å². The fourth-order valence-corrected chi connectivity index (χ4v) is 1.91. The molecule has 0 spiro atoms. The molecule has 0 amide bonds. The lowest BCUT2D eigenvalue weighted by Gasteiger charge is -2.23. The van der Waals surface area contributed by atoms with Crippen LogP contribution in [0.4, 0.5) is 11.6 Å². The summed E-state index contributed by atoms with van der Waals surface area (Å²) < 4.78 is 0. The Morgan fingerprint density at radius 3 is 2.90 bits per heavy atom. The molecule has 0 atom stereocenters. The molecule has 5 heteroatoms. The molecule has 0 saturated heterocycles. The van der Waals surface area contributed by atoms with E-state index < -0.39 is 0 Å². The summed E-state index contributed by atoms with van der Waals surface area (Å²) in [4.78, 5) is 10.7. The summed E-state index contributed by atoms with van der Waals surface area (Å²) in [5.41, 5.74) is 1.10. The maximum atomic E-state index is 8.81. The van der Waals surface area contributed by atoms with Gasteiger partial charge in [-0.25, -0.2) is 4.98 Å². The van der Waals surface area contributed by atoms with E-state index >= 15 is 0 Å². The molecule has 1 N–H and O–H groups in total. The third-order valence-corrected chi connectivity index (χ3v) is 2.90. The highest BCUT2D eigenvalue weighted by molar-refractivity contribution is 5.47. The van der Waals surface area contributed by atoms with Crippen molar-refractivity contribution in [3.05, 3.63) is 48.3 Å². The molecule has 0 radical (unpaired) electrons. The second kappa shape index (κ2) is 7.10. The van der Waals surface area contributed by atoms with Gasteiger partial charge in [-0.15, -0.1) is 0 Å². The molecule has 0 fully saturated rings. The lowest BCUT2D eigenvalue weighted by Crippen LogP contribution is -2.24. The Morgan fingerprint density at radius 2 is 2.20 bits per heavy atom. The Balaban J connectivity index is 2.20. The van der Waals surface area contributed by atoms with Gasteiger partial charge in [0.15, 0.2) is 0 Å². The largest absolute Gasteiger partial charge is 0.373 e. The van der Waals surface area contributed by atoms with Crippen molar-refractivity contribution in [1.82, 2.24) is 9.97 Å². The van der Waals surface area contributed by atoms with E-state index in [1.54, 1.807) is 6.20 Å². The maximum absolute atomic E-state index is 8.81. The van der Waals surface area contributed by atoms with Crippen molar-refractivity contribution in [3.63, 3.8) is 0 Å². The van der Waals surface area contributed by atoms with E-state index in [4.69, 9.17) is 5.26 Å². The first-order valence-electron chi connectivity index (χ1n) is 6.49. The van der Waals surface area contributed by atoms with Crippen LogP contribution in [0.15, 0.2) is 42.7 Å². The second-order valence-corrected chi connectivity index (χ2v) is 4.32. The van der Waals surface area contributed by atoms with Gasteiger partial charge >= 0.3 is 0 Å². The fourth-order valence-electron chi connectivity index (χ4n) is 1.91. The Hall–Kier alpha value is -2.61. The van der Waals surface area contributed by atoms with Crippen LogP contribution in [0.5, 0.6) is 0 Å². The molecular weight excluding hydrogens is 250 g/mol. The maximum Gasteiger partial charge on any atom is 0.131 e. The SMILES string of the molecule is CNc1cccc(N(CCC#N)Cc2cccnc2)n1. The van der Waals surface area contributed by atoms with E-state index in [1.165, 1.54) is 0 Å². The highest BCUT2D eigenvalue weighted by Gasteiger charge is 2.09. The van der Waals surface area contributed by atoms with Crippen molar-refractivity contribution in [3.8, 4) is 6.07 Å². The van der Waals surface area contributed by atoms with E-state index in [0.29, 0.717) is 19.5 Å². The number of anilines is 2. The number of nitrogens with one attached hydrogen (secondary N) is 1. The van der Waals surface area contributed by atoms with Crippen molar-refractivity contribution in [2.75, 3.05) is 23.8 Å². The summed E-state index contributed by atoms with van der Waals surface area (Å²) >= 11 is 0. The third-order valence-electron chi connectivity index (χ3n) is 2.90. The number of rotatable bonds is 6. The van der Waals surface area contributed by atoms with Crippen LogP contribution in [0.25, 0.3) is 0 Å². The predicted octanol–water partition coefficient (Wildman–Crippen LogP) is 2.44. The van der Waals surface area contributed by atoms with Gasteiger partial charge in [0.1, 0.15) is 11.6 Å². The highest BCUT2D eigenvalue weighted by Crippen LogP contribution is 2.17. The zero-order valence-electron chi connectivity index (χ0n) is 11.5. The van der Waals surface area contributed by atoms with Crippen LogP contribution in [0, 0.1) is 11.3 Å². The summed E-state index contributed by atoms with van der Waals surface area (Å²) in [7, 11) is 1.84. The van der Waals surface area contributed by atoms with Crippen molar-refractivity contribution in [2.24, 2.45) is 0 Å². The van der Waals surface area contributed by atoms with Crippen LogP contribution in [-0.2, 0) is 6.54 Å². The smallest absolute Gasteiger partial charge is 0.131 e. The van der Waals surface area contributed by atoms with Crippen molar-refractivity contribution in [2.45, 2.75) is 13.0 Å². The van der Waals surface area contributed by atoms with E-state index in [9.17, 15) is 0 Å². The summed E-state index contributed by atoms with van der Waals surface area (Å²) in [6.07, 6.45) is 4.05. The van der Waals surface area contributed by atoms with Crippen LogP contribution in [0.3, 0.4) is 0 Å². The van der Waals surface area contributed by atoms with E-state index in [0.717, 1.165) is 17.2 Å². The second-order valence-electron chi connectivity index (χ2n) is 4.32. The molecule has 0 saturated carbocycles. The number of hydrogen-bond donors (Lipinski definition) is 1. The van der Waals surface area contributed by atoms with Gasteiger partial charge in [0.25, 0.3) is 0 Å². The summed E-state index contributed by atoms with van der Waals surface area (Å²) in [6, 6.07) is 11.9. The molecule has 0 aliphatic heterocycles. The van der Waals surface area contributed by atoms with Crippen LogP contribution in [0.2, 0.25) is 0 Å². The zero-order chi connectivity index (χ0) is 14.2. The molecule has 102 valence electrons. The summed E-state index contributed by atoms with van der Waals surface area (Å²) in [5, 5.41) is 11.8. The minimum Gasteiger partial charge on any atom is -0.373 e. The number of nitrogens with zero attached hydrogens (tertiary/aromatic N) is 4. The van der Waals surface area contributed by atoms with Gasteiger partial charge in [0.05, 0.1) is 12.5 Å². The first-order valence-corrected chi connectivity index (χ1v) is 6.49. The molecule has 0 bridgehead atoms. The van der Waals surface area contributed by atoms with Gasteiger partial charge in [-0.3, -0.25) is 4.98 Å². The molecule has 0 aliphatic carbocycles. The third kappa shape index (κ3) is 3.69. The lowest BCUT2D eigenvalue weighted by molar-refractivity contribution is 0.781. The minimum absolute atomic E-state index is 0.464. The van der Waals surface area contributed by atoms with Crippen LogP contribution in [-0.4, -0.2) is 23.6 Å². The fraction of sp³-hybridized carbons (Fsp3) is 0.267. The molecule has 2 aromatic rings. The minimum atomic E-state index is 0.464. The van der Waals surface area contributed by atoms with E-state index in [-0.39, 0.29) is 0 Å². The van der Waals surface area contributed by atoms with E-state index in [1.807, 2.05) is 43.6 Å². The number of aromatic nitrogens is 2. The summed E-state index contributed by atoms with van der Waals surface area (Å²) in [5.74, 6) is 1.67. The van der Waals surface area contributed by atoms with Crippen LogP contribution in [0.1, 0.15) is 12.0 Å². The van der Waals surface area contributed by atoms with Gasteiger partial charge in [-0.05, 0) is 23.8 Å².